The number of ether oxygens (including phenoxy) is 1. The van der Waals surface area contributed by atoms with Crippen LogP contribution in [-0.2, 0) is 14.3 Å². The third kappa shape index (κ3) is 4.50. The van der Waals surface area contributed by atoms with Crippen LogP contribution in [0, 0.1) is 17.7 Å². The van der Waals surface area contributed by atoms with E-state index < -0.39 is 5.82 Å². The Balaban J connectivity index is 1.50. The Bertz CT molecular complexity index is 641. The number of carbonyl (C=O) groups excluding carboxylic acids is 2. The van der Waals surface area contributed by atoms with Crippen molar-refractivity contribution in [1.29, 1.82) is 0 Å². The number of benzene rings is 1. The summed E-state index contributed by atoms with van der Waals surface area (Å²) >= 11 is 5.73. The highest BCUT2D eigenvalue weighted by atomic mass is 35.5. The highest BCUT2D eigenvalue weighted by Gasteiger charge is 2.31. The van der Waals surface area contributed by atoms with Crippen LogP contribution in [0.15, 0.2) is 18.2 Å². The summed E-state index contributed by atoms with van der Waals surface area (Å²) in [5.74, 6) is -0.532. The molecule has 3 rings (SSSR count). The molecule has 0 bridgehead atoms. The summed E-state index contributed by atoms with van der Waals surface area (Å²) < 4.78 is 18.5. The molecule has 2 aliphatic rings. The predicted molar refractivity (Wildman–Crippen MR) is 92.9 cm³/mol. The van der Waals surface area contributed by atoms with Crippen molar-refractivity contribution in [2.24, 2.45) is 11.8 Å². The molecule has 0 aromatic heterocycles. The first-order valence-corrected chi connectivity index (χ1v) is 9.05. The molecule has 0 saturated carbocycles. The van der Waals surface area contributed by atoms with Crippen molar-refractivity contribution < 1.29 is 18.7 Å². The lowest BCUT2D eigenvalue weighted by Gasteiger charge is -2.34. The van der Waals surface area contributed by atoms with Crippen molar-refractivity contribution in [2.45, 2.75) is 25.7 Å². The zero-order chi connectivity index (χ0) is 17.8. The lowest BCUT2D eigenvalue weighted by Crippen LogP contribution is -2.45. The summed E-state index contributed by atoms with van der Waals surface area (Å²) in [6, 6.07) is 4.12. The molecule has 2 amide bonds. The van der Waals surface area contributed by atoms with Crippen LogP contribution in [0.4, 0.5) is 10.1 Å². The topological polar surface area (TPSA) is 58.6 Å². The minimum atomic E-state index is -0.514. The number of piperidine rings is 1. The van der Waals surface area contributed by atoms with Crippen LogP contribution < -0.4 is 5.32 Å². The van der Waals surface area contributed by atoms with Crippen molar-refractivity contribution in [1.82, 2.24) is 4.90 Å². The maximum atomic E-state index is 13.2. The van der Waals surface area contributed by atoms with Gasteiger partial charge in [0, 0.05) is 43.8 Å². The highest BCUT2D eigenvalue weighted by molar-refractivity contribution is 6.31. The number of nitrogens with zero attached hydrogens (tertiary/aromatic N) is 1. The van der Waals surface area contributed by atoms with Gasteiger partial charge in [0.2, 0.25) is 11.8 Å². The average molecular weight is 369 g/mol. The van der Waals surface area contributed by atoms with Crippen molar-refractivity contribution in [3.8, 4) is 0 Å². The van der Waals surface area contributed by atoms with E-state index in [9.17, 15) is 14.0 Å². The SMILES string of the molecule is O=C(Nc1ccc(F)c(Cl)c1)C1CCN(C(=O)C2CCOCC2)CC1. The molecule has 7 heteroatoms. The van der Waals surface area contributed by atoms with Gasteiger partial charge in [-0.1, -0.05) is 11.6 Å². The number of rotatable bonds is 3. The van der Waals surface area contributed by atoms with Crippen molar-refractivity contribution >= 4 is 29.1 Å². The van der Waals surface area contributed by atoms with E-state index in [0.29, 0.717) is 44.8 Å². The number of halogens is 2. The molecule has 0 atom stereocenters. The minimum absolute atomic E-state index is 0.0188. The number of hydrogen-bond acceptors (Lipinski definition) is 3. The first-order chi connectivity index (χ1) is 12.0. The van der Waals surface area contributed by atoms with Crippen molar-refractivity contribution in [3.63, 3.8) is 0 Å². The van der Waals surface area contributed by atoms with Crippen LogP contribution in [0.2, 0.25) is 5.02 Å². The zero-order valence-corrected chi connectivity index (χ0v) is 14.7. The molecule has 2 fully saturated rings. The molecule has 1 N–H and O–H groups in total. The smallest absolute Gasteiger partial charge is 0.227 e. The molecule has 0 aliphatic carbocycles. The quantitative estimate of drug-likeness (QED) is 0.892. The summed E-state index contributed by atoms with van der Waals surface area (Å²) in [4.78, 5) is 26.8. The van der Waals surface area contributed by atoms with E-state index in [-0.39, 0.29) is 28.7 Å². The molecule has 0 unspecified atom stereocenters. The lowest BCUT2D eigenvalue weighted by molar-refractivity contribution is -0.141. The third-order valence-electron chi connectivity index (χ3n) is 4.94. The molecule has 1 aromatic rings. The van der Waals surface area contributed by atoms with Gasteiger partial charge in [0.1, 0.15) is 5.82 Å². The molecule has 0 spiro atoms. The third-order valence-corrected chi connectivity index (χ3v) is 5.22. The second kappa shape index (κ2) is 8.15. The van der Waals surface area contributed by atoms with E-state index in [0.717, 1.165) is 12.8 Å². The zero-order valence-electron chi connectivity index (χ0n) is 14.0. The molecule has 2 heterocycles. The number of carbonyl (C=O) groups is 2. The molecule has 25 heavy (non-hydrogen) atoms. The predicted octanol–water partition coefficient (Wildman–Crippen LogP) is 3.08. The first kappa shape index (κ1) is 18.1. The van der Waals surface area contributed by atoms with Crippen LogP contribution in [0.3, 0.4) is 0 Å². The Morgan fingerprint density at radius 2 is 1.80 bits per heavy atom. The van der Waals surface area contributed by atoms with E-state index >= 15 is 0 Å². The fraction of sp³-hybridized carbons (Fsp3) is 0.556. The summed E-state index contributed by atoms with van der Waals surface area (Å²) in [6.07, 6.45) is 2.83. The van der Waals surface area contributed by atoms with Crippen LogP contribution in [0.1, 0.15) is 25.7 Å². The van der Waals surface area contributed by atoms with Gasteiger partial charge in [-0.25, -0.2) is 4.39 Å². The van der Waals surface area contributed by atoms with E-state index in [2.05, 4.69) is 5.32 Å². The first-order valence-electron chi connectivity index (χ1n) is 8.67. The fourth-order valence-electron chi connectivity index (χ4n) is 3.38. The van der Waals surface area contributed by atoms with E-state index in [1.54, 1.807) is 0 Å². The van der Waals surface area contributed by atoms with Crippen LogP contribution >= 0.6 is 11.6 Å². The van der Waals surface area contributed by atoms with Gasteiger partial charge in [0.05, 0.1) is 5.02 Å². The second-order valence-electron chi connectivity index (χ2n) is 6.60. The Morgan fingerprint density at radius 1 is 1.12 bits per heavy atom. The van der Waals surface area contributed by atoms with Crippen LogP contribution in [0.5, 0.6) is 0 Å². The van der Waals surface area contributed by atoms with Gasteiger partial charge in [-0.3, -0.25) is 9.59 Å². The normalized spacial score (nSPS) is 19.7. The number of hydrogen-bond donors (Lipinski definition) is 1. The summed E-state index contributed by atoms with van der Waals surface area (Å²) in [7, 11) is 0. The number of nitrogens with one attached hydrogen (secondary N) is 1. The van der Waals surface area contributed by atoms with Gasteiger partial charge in [-0.05, 0) is 43.9 Å². The maximum Gasteiger partial charge on any atom is 0.227 e. The molecule has 136 valence electrons. The van der Waals surface area contributed by atoms with E-state index in [1.807, 2.05) is 4.90 Å². The molecule has 5 nitrogen and oxygen atoms in total. The second-order valence-corrected chi connectivity index (χ2v) is 7.01. The lowest BCUT2D eigenvalue weighted by atomic mass is 9.93. The van der Waals surface area contributed by atoms with E-state index in [4.69, 9.17) is 16.3 Å². The Kier molecular flexibility index (Phi) is 5.91. The average Bonchev–Trinajstić information content (AvgIpc) is 2.65. The highest BCUT2D eigenvalue weighted by Crippen LogP contribution is 2.25. The molecule has 2 saturated heterocycles. The minimum Gasteiger partial charge on any atom is -0.381 e. The Hall–Kier alpha value is -1.66. The van der Waals surface area contributed by atoms with Crippen molar-refractivity contribution in [2.75, 3.05) is 31.6 Å². The summed E-state index contributed by atoms with van der Waals surface area (Å²) in [5, 5.41) is 2.76. The van der Waals surface area contributed by atoms with Gasteiger partial charge < -0.3 is 15.0 Å². The monoisotopic (exact) mass is 368 g/mol. The standard InChI is InChI=1S/C18H22ClFN2O3/c19-15-11-14(1-2-16(15)20)21-17(23)12-3-7-22(8-4-12)18(24)13-5-9-25-10-6-13/h1-2,11-13H,3-10H2,(H,21,23). The van der Waals surface area contributed by atoms with Gasteiger partial charge >= 0.3 is 0 Å². The largest absolute Gasteiger partial charge is 0.381 e. The Labute approximate surface area is 151 Å². The van der Waals surface area contributed by atoms with Gasteiger partial charge in [-0.2, -0.15) is 0 Å². The number of likely N-dealkylation sites (tertiary alicyclic amines) is 1. The van der Waals surface area contributed by atoms with Crippen molar-refractivity contribution in [3.05, 3.63) is 29.0 Å². The molecular weight excluding hydrogens is 347 g/mol. The summed E-state index contributed by atoms with van der Waals surface area (Å²) in [5.41, 5.74) is 0.483. The van der Waals surface area contributed by atoms with Crippen LogP contribution in [0.25, 0.3) is 0 Å². The van der Waals surface area contributed by atoms with Gasteiger partial charge in [0.25, 0.3) is 0 Å². The fourth-order valence-corrected chi connectivity index (χ4v) is 3.56. The van der Waals surface area contributed by atoms with E-state index in [1.165, 1.54) is 18.2 Å². The van der Waals surface area contributed by atoms with Gasteiger partial charge in [0.15, 0.2) is 0 Å². The Morgan fingerprint density at radius 3 is 2.44 bits per heavy atom. The van der Waals surface area contributed by atoms with Crippen LogP contribution in [-0.4, -0.2) is 43.0 Å². The summed E-state index contributed by atoms with van der Waals surface area (Å²) in [6.45, 7) is 2.49. The number of amides is 2. The molecule has 1 aromatic carbocycles. The molecule has 2 aliphatic heterocycles. The molecule has 0 radical (unpaired) electrons. The maximum absolute atomic E-state index is 13.2. The van der Waals surface area contributed by atoms with Gasteiger partial charge in [-0.15, -0.1) is 0 Å². The number of anilines is 1. The molecular formula is C18H22ClFN2O3.